The predicted octanol–water partition coefficient (Wildman–Crippen LogP) is 1.98. The van der Waals surface area contributed by atoms with Crippen LogP contribution in [0, 0.1) is 17.6 Å². The molecule has 5 heteroatoms. The van der Waals surface area contributed by atoms with E-state index >= 15 is 0 Å². The van der Waals surface area contributed by atoms with Gasteiger partial charge in [0.15, 0.2) is 11.6 Å². The first kappa shape index (κ1) is 12.2. The lowest BCUT2D eigenvalue weighted by molar-refractivity contribution is 0.193. The largest absolute Gasteiger partial charge is 0.490 e. The van der Waals surface area contributed by atoms with Crippen LogP contribution in [0.4, 0.5) is 8.78 Å². The van der Waals surface area contributed by atoms with Gasteiger partial charge < -0.3 is 10.1 Å². The van der Waals surface area contributed by atoms with E-state index in [1.54, 1.807) is 0 Å². The summed E-state index contributed by atoms with van der Waals surface area (Å²) in [7, 11) is 0. The monoisotopic (exact) mass is 235 g/mol. The van der Waals surface area contributed by atoms with Crippen molar-refractivity contribution in [2.24, 2.45) is 5.92 Å². The van der Waals surface area contributed by atoms with Crippen molar-refractivity contribution < 1.29 is 13.5 Å². The number of halogens is 3. The topological polar surface area (TPSA) is 21.3 Å². The Labute approximate surface area is 93.0 Å². The summed E-state index contributed by atoms with van der Waals surface area (Å²) in [6, 6.07) is 3.34. The average molecular weight is 236 g/mol. The van der Waals surface area contributed by atoms with Crippen LogP contribution in [0.25, 0.3) is 0 Å². The van der Waals surface area contributed by atoms with Crippen molar-refractivity contribution in [2.75, 3.05) is 19.7 Å². The molecule has 15 heavy (non-hydrogen) atoms. The fourth-order valence-electron chi connectivity index (χ4n) is 1.27. The molecule has 1 heterocycles. The lowest BCUT2D eigenvalue weighted by atomic mass is 10.1. The normalized spacial score (nSPS) is 15.3. The molecule has 0 amide bonds. The molecule has 84 valence electrons. The molecule has 1 aliphatic heterocycles. The minimum atomic E-state index is -0.641. The van der Waals surface area contributed by atoms with Gasteiger partial charge in [-0.15, -0.1) is 12.4 Å². The highest BCUT2D eigenvalue weighted by atomic mass is 35.5. The summed E-state index contributed by atoms with van der Waals surface area (Å²) in [5, 5.41) is 3.09. The summed E-state index contributed by atoms with van der Waals surface area (Å²) in [6.07, 6.45) is 0. The number of nitrogens with one attached hydrogen (secondary N) is 1. The first-order chi connectivity index (χ1) is 6.75. The highest BCUT2D eigenvalue weighted by molar-refractivity contribution is 5.85. The minimum absolute atomic E-state index is 0. The third kappa shape index (κ3) is 3.04. The molecule has 0 aliphatic carbocycles. The maximum absolute atomic E-state index is 13.0. The van der Waals surface area contributed by atoms with Gasteiger partial charge in [0.2, 0.25) is 0 Å². The van der Waals surface area contributed by atoms with E-state index in [1.807, 2.05) is 0 Å². The summed E-state index contributed by atoms with van der Waals surface area (Å²) >= 11 is 0. The van der Waals surface area contributed by atoms with E-state index in [1.165, 1.54) is 12.1 Å². The fraction of sp³-hybridized carbons (Fsp3) is 0.400. The molecular weight excluding hydrogens is 224 g/mol. The third-order valence-electron chi connectivity index (χ3n) is 2.23. The first-order valence-electron chi connectivity index (χ1n) is 4.54. The maximum atomic E-state index is 13.0. The van der Waals surface area contributed by atoms with Crippen LogP contribution in [-0.4, -0.2) is 19.7 Å². The Hall–Kier alpha value is -0.870. The quantitative estimate of drug-likeness (QED) is 0.865. The van der Waals surface area contributed by atoms with Gasteiger partial charge in [-0.3, -0.25) is 0 Å². The number of hydrogen-bond acceptors (Lipinski definition) is 2. The fourth-order valence-corrected chi connectivity index (χ4v) is 1.27. The van der Waals surface area contributed by atoms with Gasteiger partial charge in [-0.05, 0) is 12.1 Å². The molecule has 0 atom stereocenters. The van der Waals surface area contributed by atoms with Crippen molar-refractivity contribution in [3.63, 3.8) is 0 Å². The number of rotatable bonds is 3. The summed E-state index contributed by atoms with van der Waals surface area (Å²) in [5.74, 6) is -0.657. The summed E-state index contributed by atoms with van der Waals surface area (Å²) in [5.41, 5.74) is 0. The van der Waals surface area contributed by atoms with Crippen molar-refractivity contribution in [1.82, 2.24) is 5.32 Å². The van der Waals surface area contributed by atoms with E-state index in [4.69, 9.17) is 4.74 Å². The number of hydrogen-bond donors (Lipinski definition) is 1. The summed E-state index contributed by atoms with van der Waals surface area (Å²) < 4.78 is 30.8. The molecule has 0 bridgehead atoms. The Morgan fingerprint density at radius 1 is 1.33 bits per heavy atom. The standard InChI is InChI=1S/C10H11F2NO.ClH/c11-8-1-2-10(9(12)3-8)14-6-7-4-13-5-7;/h1-3,7,13H,4-6H2;1H. The first-order valence-corrected chi connectivity index (χ1v) is 4.54. The van der Waals surface area contributed by atoms with Gasteiger partial charge in [-0.1, -0.05) is 0 Å². The number of benzene rings is 1. The second-order valence-electron chi connectivity index (χ2n) is 3.41. The molecule has 1 fully saturated rings. The van der Waals surface area contributed by atoms with E-state index in [2.05, 4.69) is 5.32 Å². The van der Waals surface area contributed by atoms with Gasteiger partial charge in [0.1, 0.15) is 5.82 Å². The Balaban J connectivity index is 0.00000112. The lowest BCUT2D eigenvalue weighted by Gasteiger charge is -2.26. The van der Waals surface area contributed by atoms with E-state index < -0.39 is 11.6 Å². The molecule has 1 saturated heterocycles. The van der Waals surface area contributed by atoms with Crippen molar-refractivity contribution in [3.05, 3.63) is 29.8 Å². The molecule has 2 nitrogen and oxygen atoms in total. The highest BCUT2D eigenvalue weighted by Gasteiger charge is 2.17. The van der Waals surface area contributed by atoms with Crippen molar-refractivity contribution >= 4 is 12.4 Å². The smallest absolute Gasteiger partial charge is 0.167 e. The van der Waals surface area contributed by atoms with Crippen LogP contribution in [0.5, 0.6) is 5.75 Å². The molecule has 0 radical (unpaired) electrons. The predicted molar refractivity (Wildman–Crippen MR) is 55.5 cm³/mol. The van der Waals surface area contributed by atoms with Crippen LogP contribution >= 0.6 is 12.4 Å². The zero-order chi connectivity index (χ0) is 9.97. The second kappa shape index (κ2) is 5.28. The van der Waals surface area contributed by atoms with Crippen LogP contribution in [0.15, 0.2) is 18.2 Å². The molecule has 2 rings (SSSR count). The van der Waals surface area contributed by atoms with Gasteiger partial charge in [0.05, 0.1) is 6.61 Å². The molecule has 0 aromatic heterocycles. The summed E-state index contributed by atoms with van der Waals surface area (Å²) in [6.45, 7) is 2.29. The van der Waals surface area contributed by atoms with E-state index in [9.17, 15) is 8.78 Å². The molecule has 0 spiro atoms. The van der Waals surface area contributed by atoms with E-state index in [0.29, 0.717) is 12.5 Å². The van der Waals surface area contributed by atoms with Crippen LogP contribution < -0.4 is 10.1 Å². The molecule has 1 aliphatic rings. The van der Waals surface area contributed by atoms with Crippen LogP contribution in [0.1, 0.15) is 0 Å². The minimum Gasteiger partial charge on any atom is -0.490 e. The Morgan fingerprint density at radius 3 is 2.60 bits per heavy atom. The van der Waals surface area contributed by atoms with Gasteiger partial charge in [0.25, 0.3) is 0 Å². The van der Waals surface area contributed by atoms with Crippen LogP contribution in [0.3, 0.4) is 0 Å². The molecule has 0 saturated carbocycles. The molecular formula is C10H12ClF2NO. The molecule has 1 aromatic carbocycles. The van der Waals surface area contributed by atoms with Crippen molar-refractivity contribution in [3.8, 4) is 5.75 Å². The number of ether oxygens (including phenoxy) is 1. The second-order valence-corrected chi connectivity index (χ2v) is 3.41. The van der Waals surface area contributed by atoms with Gasteiger partial charge in [-0.2, -0.15) is 0 Å². The average Bonchev–Trinajstić information content (AvgIpc) is 2.05. The van der Waals surface area contributed by atoms with Gasteiger partial charge in [-0.25, -0.2) is 8.78 Å². The molecule has 0 unspecified atom stereocenters. The zero-order valence-corrected chi connectivity index (χ0v) is 8.82. The maximum Gasteiger partial charge on any atom is 0.167 e. The molecule has 1 N–H and O–H groups in total. The Morgan fingerprint density at radius 2 is 2.07 bits per heavy atom. The molecule has 1 aromatic rings. The Kier molecular flexibility index (Phi) is 4.29. The Bertz CT molecular complexity index is 331. The van der Waals surface area contributed by atoms with Crippen molar-refractivity contribution in [2.45, 2.75) is 0 Å². The van der Waals surface area contributed by atoms with Gasteiger partial charge in [0, 0.05) is 25.1 Å². The lowest BCUT2D eigenvalue weighted by Crippen LogP contribution is -2.45. The SMILES string of the molecule is Cl.Fc1ccc(OCC2CNC2)c(F)c1. The highest BCUT2D eigenvalue weighted by Crippen LogP contribution is 2.18. The van der Waals surface area contributed by atoms with Crippen LogP contribution in [0.2, 0.25) is 0 Å². The van der Waals surface area contributed by atoms with E-state index in [0.717, 1.165) is 19.2 Å². The summed E-state index contributed by atoms with van der Waals surface area (Å²) in [4.78, 5) is 0. The zero-order valence-electron chi connectivity index (χ0n) is 8.00. The van der Waals surface area contributed by atoms with E-state index in [-0.39, 0.29) is 18.2 Å². The van der Waals surface area contributed by atoms with Crippen LogP contribution in [-0.2, 0) is 0 Å². The third-order valence-corrected chi connectivity index (χ3v) is 2.23. The van der Waals surface area contributed by atoms with Gasteiger partial charge >= 0.3 is 0 Å². The van der Waals surface area contributed by atoms with Crippen molar-refractivity contribution in [1.29, 1.82) is 0 Å².